The Kier molecular flexibility index (Phi) is 9.74. The lowest BCUT2D eigenvalue weighted by Crippen LogP contribution is -1.98. The normalized spacial score (nSPS) is 11.1. The summed E-state index contributed by atoms with van der Waals surface area (Å²) in [5, 5.41) is 1.96. The van der Waals surface area contributed by atoms with E-state index in [-0.39, 0.29) is 0 Å². The number of fused-ring (bicyclic) bond motifs is 3. The van der Waals surface area contributed by atoms with Crippen LogP contribution in [0.5, 0.6) is 23.0 Å². The second-order valence-corrected chi connectivity index (χ2v) is 14.0. The molecule has 6 heteroatoms. The number of ether oxygens (including phenoxy) is 4. The van der Waals surface area contributed by atoms with Gasteiger partial charge in [-0.05, 0) is 80.9 Å². The van der Waals surface area contributed by atoms with Crippen molar-refractivity contribution in [1.82, 2.24) is 9.97 Å². The molecule has 9 rings (SSSR count). The van der Waals surface area contributed by atoms with Crippen LogP contribution in [0.2, 0.25) is 0 Å². The predicted octanol–water partition coefficient (Wildman–Crippen LogP) is 12.8. The molecule has 282 valence electrons. The van der Waals surface area contributed by atoms with Crippen LogP contribution in [0.15, 0.2) is 170 Å². The van der Waals surface area contributed by atoms with Gasteiger partial charge in [-0.3, -0.25) is 0 Å². The molecule has 0 fully saturated rings. The number of nitrogens with zero attached hydrogens (tertiary/aromatic N) is 2. The van der Waals surface area contributed by atoms with E-state index in [0.717, 1.165) is 77.7 Å². The van der Waals surface area contributed by atoms with Crippen molar-refractivity contribution in [3.63, 3.8) is 0 Å². The zero-order valence-corrected chi connectivity index (χ0v) is 32.7. The molecule has 0 spiro atoms. The Bertz CT molecular complexity index is 2710. The SMILES string of the molecule is COc1ccc(-c2cc(-c3ccc(-c4ccccc4)cc3)c3ccc4c(-c5ccc(-c6ccccc6)cc5)cc(-c5ccc(OC)cc5OC)nc4c3n2)c(OC)c1. The molecule has 2 aromatic heterocycles. The number of hydrogen-bond donors (Lipinski definition) is 0. The summed E-state index contributed by atoms with van der Waals surface area (Å²) in [6.45, 7) is 0. The summed E-state index contributed by atoms with van der Waals surface area (Å²) in [6, 6.07) is 58.6. The number of benzene rings is 7. The first kappa shape index (κ1) is 36.2. The molecule has 0 saturated carbocycles. The third-order valence-corrected chi connectivity index (χ3v) is 10.7. The highest BCUT2D eigenvalue weighted by atomic mass is 16.5. The fraction of sp³-hybridized carbons (Fsp3) is 0.0769. The highest BCUT2D eigenvalue weighted by molar-refractivity contribution is 6.13. The van der Waals surface area contributed by atoms with E-state index >= 15 is 0 Å². The molecular weight excluding hydrogens is 717 g/mol. The van der Waals surface area contributed by atoms with Crippen molar-refractivity contribution in [3.8, 4) is 90.0 Å². The van der Waals surface area contributed by atoms with Crippen molar-refractivity contribution < 1.29 is 18.9 Å². The van der Waals surface area contributed by atoms with Crippen molar-refractivity contribution in [1.29, 1.82) is 0 Å². The van der Waals surface area contributed by atoms with Gasteiger partial charge >= 0.3 is 0 Å². The molecule has 0 atom stereocenters. The fourth-order valence-corrected chi connectivity index (χ4v) is 7.69. The molecule has 0 amide bonds. The molecule has 0 radical (unpaired) electrons. The highest BCUT2D eigenvalue weighted by Crippen LogP contribution is 2.43. The zero-order chi connectivity index (χ0) is 39.6. The van der Waals surface area contributed by atoms with Gasteiger partial charge in [-0.15, -0.1) is 0 Å². The minimum Gasteiger partial charge on any atom is -0.497 e. The molecule has 0 aliphatic carbocycles. The highest BCUT2D eigenvalue weighted by Gasteiger charge is 2.20. The van der Waals surface area contributed by atoms with E-state index in [2.05, 4.69) is 121 Å². The van der Waals surface area contributed by atoms with Crippen LogP contribution in [-0.2, 0) is 0 Å². The van der Waals surface area contributed by atoms with Gasteiger partial charge in [0.05, 0.1) is 50.9 Å². The molecule has 7 aromatic carbocycles. The van der Waals surface area contributed by atoms with Crippen LogP contribution in [0.1, 0.15) is 0 Å². The molecule has 0 N–H and O–H groups in total. The first-order valence-corrected chi connectivity index (χ1v) is 19.1. The van der Waals surface area contributed by atoms with Crippen molar-refractivity contribution >= 4 is 21.8 Å². The fourth-order valence-electron chi connectivity index (χ4n) is 7.69. The first-order chi connectivity index (χ1) is 28.5. The first-order valence-electron chi connectivity index (χ1n) is 19.1. The van der Waals surface area contributed by atoms with Crippen LogP contribution < -0.4 is 18.9 Å². The maximum Gasteiger partial charge on any atom is 0.131 e. The van der Waals surface area contributed by atoms with Crippen LogP contribution in [0.25, 0.3) is 88.8 Å². The molecule has 0 aliphatic rings. The van der Waals surface area contributed by atoms with E-state index in [9.17, 15) is 0 Å². The van der Waals surface area contributed by atoms with Gasteiger partial charge in [0.2, 0.25) is 0 Å². The van der Waals surface area contributed by atoms with Gasteiger partial charge in [0.25, 0.3) is 0 Å². The van der Waals surface area contributed by atoms with Crippen LogP contribution in [0.3, 0.4) is 0 Å². The Morgan fingerprint density at radius 3 is 1.03 bits per heavy atom. The third-order valence-electron chi connectivity index (χ3n) is 10.7. The maximum atomic E-state index is 5.93. The Morgan fingerprint density at radius 1 is 0.310 bits per heavy atom. The monoisotopic (exact) mass is 756 g/mol. The summed E-state index contributed by atoms with van der Waals surface area (Å²) in [5.74, 6) is 2.72. The lowest BCUT2D eigenvalue weighted by atomic mass is 9.92. The number of rotatable bonds is 10. The molecule has 0 unspecified atom stereocenters. The molecule has 58 heavy (non-hydrogen) atoms. The minimum atomic E-state index is 0.660. The Hall–Kier alpha value is -7.44. The van der Waals surface area contributed by atoms with Crippen molar-refractivity contribution in [2.24, 2.45) is 0 Å². The number of hydrogen-bond acceptors (Lipinski definition) is 6. The van der Waals surface area contributed by atoms with Gasteiger partial charge in [-0.25, -0.2) is 9.97 Å². The third kappa shape index (κ3) is 6.75. The van der Waals surface area contributed by atoms with Gasteiger partial charge in [-0.2, -0.15) is 0 Å². The average Bonchev–Trinajstić information content (AvgIpc) is 3.31. The van der Waals surface area contributed by atoms with E-state index in [1.165, 1.54) is 11.1 Å². The summed E-state index contributed by atoms with van der Waals surface area (Å²) in [6.07, 6.45) is 0. The van der Waals surface area contributed by atoms with Crippen molar-refractivity contribution in [2.75, 3.05) is 28.4 Å². The molecule has 6 nitrogen and oxygen atoms in total. The van der Waals surface area contributed by atoms with Gasteiger partial charge < -0.3 is 18.9 Å². The van der Waals surface area contributed by atoms with Gasteiger partial charge in [0, 0.05) is 34.0 Å². The largest absolute Gasteiger partial charge is 0.497 e. The second-order valence-electron chi connectivity index (χ2n) is 14.0. The molecule has 9 aromatic rings. The van der Waals surface area contributed by atoms with E-state index in [4.69, 9.17) is 28.9 Å². The smallest absolute Gasteiger partial charge is 0.131 e. The molecular formula is C52H40N2O4. The predicted molar refractivity (Wildman–Crippen MR) is 236 cm³/mol. The zero-order valence-electron chi connectivity index (χ0n) is 32.7. The summed E-state index contributed by atoms with van der Waals surface area (Å²) < 4.78 is 23.0. The van der Waals surface area contributed by atoms with Gasteiger partial charge in [0.1, 0.15) is 23.0 Å². The summed E-state index contributed by atoms with van der Waals surface area (Å²) in [4.78, 5) is 10.9. The van der Waals surface area contributed by atoms with Crippen LogP contribution >= 0.6 is 0 Å². The number of methoxy groups -OCH3 is 4. The molecule has 0 aliphatic heterocycles. The summed E-state index contributed by atoms with van der Waals surface area (Å²) >= 11 is 0. The minimum absolute atomic E-state index is 0.660. The molecule has 0 bridgehead atoms. The lowest BCUT2D eigenvalue weighted by molar-refractivity contribution is 0.395. The average molecular weight is 757 g/mol. The maximum absolute atomic E-state index is 5.93. The molecule has 0 saturated heterocycles. The van der Waals surface area contributed by atoms with Crippen molar-refractivity contribution in [3.05, 3.63) is 170 Å². The Morgan fingerprint density at radius 2 is 0.672 bits per heavy atom. The standard InChI is InChI=1S/C52H40N2O4/c1-55-39-23-25-43(49(29-39)57-3)47-31-45(37-19-15-35(16-20-37)33-11-7-5-8-12-33)41-27-28-42-46(38-21-17-36(18-22-38)34-13-9-6-10-14-34)32-48(54-52(42)51(41)53-47)44-26-24-40(56-2)30-50(44)58-4/h5-32H,1-4H3. The van der Waals surface area contributed by atoms with E-state index in [1.807, 2.05) is 48.5 Å². The molecule has 2 heterocycles. The van der Waals surface area contributed by atoms with Crippen LogP contribution in [-0.4, -0.2) is 38.4 Å². The van der Waals surface area contributed by atoms with Crippen LogP contribution in [0.4, 0.5) is 0 Å². The topological polar surface area (TPSA) is 62.7 Å². The van der Waals surface area contributed by atoms with E-state index in [1.54, 1.807) is 28.4 Å². The second kappa shape index (κ2) is 15.6. The lowest BCUT2D eigenvalue weighted by Gasteiger charge is -2.17. The van der Waals surface area contributed by atoms with Crippen LogP contribution in [0, 0.1) is 0 Å². The van der Waals surface area contributed by atoms with Gasteiger partial charge in [-0.1, -0.05) is 121 Å². The number of pyridine rings is 2. The van der Waals surface area contributed by atoms with E-state index in [0.29, 0.717) is 23.0 Å². The number of aromatic nitrogens is 2. The summed E-state index contributed by atoms with van der Waals surface area (Å²) in [7, 11) is 6.65. The van der Waals surface area contributed by atoms with Crippen molar-refractivity contribution in [2.45, 2.75) is 0 Å². The van der Waals surface area contributed by atoms with E-state index < -0.39 is 0 Å². The van der Waals surface area contributed by atoms with Gasteiger partial charge in [0.15, 0.2) is 0 Å². The Labute approximate surface area is 337 Å². The summed E-state index contributed by atoms with van der Waals surface area (Å²) in [5.41, 5.74) is 13.5. The Balaban J connectivity index is 1.33. The quantitative estimate of drug-likeness (QED) is 0.130.